The van der Waals surface area contributed by atoms with Crippen molar-refractivity contribution in [2.24, 2.45) is 0 Å². The van der Waals surface area contributed by atoms with E-state index >= 15 is 0 Å². The minimum Gasteiger partial charge on any atom is -0.490 e. The molecule has 0 saturated heterocycles. The van der Waals surface area contributed by atoms with Gasteiger partial charge < -0.3 is 19.7 Å². The summed E-state index contributed by atoms with van der Waals surface area (Å²) in [7, 11) is 0. The molecular weight excluding hydrogens is 524 g/mol. The van der Waals surface area contributed by atoms with E-state index in [2.05, 4.69) is 5.32 Å². The molecule has 7 heteroatoms. The molecule has 0 unspecified atom stereocenters. The topological polar surface area (TPSA) is 67.9 Å². The van der Waals surface area contributed by atoms with Gasteiger partial charge in [-0.3, -0.25) is 9.59 Å². The van der Waals surface area contributed by atoms with Crippen molar-refractivity contribution in [3.05, 3.63) is 94.5 Å². The van der Waals surface area contributed by atoms with Crippen LogP contribution in [0.25, 0.3) is 0 Å². The van der Waals surface area contributed by atoms with Gasteiger partial charge in [-0.05, 0) is 74.6 Å². The lowest BCUT2D eigenvalue weighted by Crippen LogP contribution is -2.52. The van der Waals surface area contributed by atoms with Crippen LogP contribution in [0.4, 0.5) is 0 Å². The lowest BCUT2D eigenvalue weighted by molar-refractivity contribution is -0.141. The van der Waals surface area contributed by atoms with Crippen LogP contribution in [0.15, 0.2) is 72.8 Å². The second-order valence-electron chi connectivity index (χ2n) is 9.82. The number of amides is 2. The number of nitrogens with one attached hydrogen (secondary N) is 1. The van der Waals surface area contributed by atoms with E-state index < -0.39 is 6.04 Å². The first-order valence-electron chi connectivity index (χ1n) is 14.1. The molecule has 0 saturated carbocycles. The Hall–Kier alpha value is -3.51. The second kappa shape index (κ2) is 15.9. The van der Waals surface area contributed by atoms with Crippen molar-refractivity contribution in [3.8, 4) is 11.5 Å². The number of hydrogen-bond donors (Lipinski definition) is 1. The number of carbonyl (C=O) groups excluding carboxylic acids is 2. The Kier molecular flexibility index (Phi) is 12.4. The maximum absolute atomic E-state index is 13.9. The summed E-state index contributed by atoms with van der Waals surface area (Å²) in [6.07, 6.45) is 1.95. The van der Waals surface area contributed by atoms with Crippen molar-refractivity contribution >= 4 is 23.4 Å². The fraction of sp³-hybridized carbons (Fsp3) is 0.394. The van der Waals surface area contributed by atoms with Crippen molar-refractivity contribution in [2.75, 3.05) is 13.2 Å². The lowest BCUT2D eigenvalue weighted by Gasteiger charge is -2.32. The Morgan fingerprint density at radius 1 is 0.850 bits per heavy atom. The second-order valence-corrected chi connectivity index (χ2v) is 10.3. The van der Waals surface area contributed by atoms with Crippen molar-refractivity contribution in [1.29, 1.82) is 0 Å². The highest BCUT2D eigenvalue weighted by molar-refractivity contribution is 6.30. The molecule has 0 fully saturated rings. The molecule has 3 aromatic carbocycles. The Balaban J connectivity index is 1.91. The Morgan fingerprint density at radius 3 is 2.23 bits per heavy atom. The summed E-state index contributed by atoms with van der Waals surface area (Å²) in [4.78, 5) is 29.3. The average molecular weight is 565 g/mol. The first kappa shape index (κ1) is 31.0. The summed E-state index contributed by atoms with van der Waals surface area (Å²) in [5.74, 6) is 1.09. The van der Waals surface area contributed by atoms with Crippen molar-refractivity contribution < 1.29 is 19.1 Å². The summed E-state index contributed by atoms with van der Waals surface area (Å²) in [5, 5.41) is 3.70. The predicted octanol–water partition coefficient (Wildman–Crippen LogP) is 6.62. The van der Waals surface area contributed by atoms with Gasteiger partial charge in [-0.25, -0.2) is 0 Å². The van der Waals surface area contributed by atoms with E-state index in [1.165, 1.54) is 0 Å². The van der Waals surface area contributed by atoms with E-state index in [1.54, 1.807) is 11.0 Å². The molecule has 3 aromatic rings. The molecular formula is C33H41ClN2O4. The van der Waals surface area contributed by atoms with Gasteiger partial charge in [0.2, 0.25) is 11.8 Å². The number of ether oxygens (including phenoxy) is 2. The number of hydrogen-bond acceptors (Lipinski definition) is 4. The van der Waals surface area contributed by atoms with Crippen LogP contribution in [0.1, 0.15) is 57.2 Å². The Bertz CT molecular complexity index is 1230. The molecule has 0 aliphatic rings. The van der Waals surface area contributed by atoms with Crippen LogP contribution in [0.5, 0.6) is 11.5 Å². The van der Waals surface area contributed by atoms with Gasteiger partial charge in [0.05, 0.1) is 13.2 Å². The molecule has 2 atom stereocenters. The molecule has 2 amide bonds. The third-order valence-electron chi connectivity index (χ3n) is 6.75. The maximum atomic E-state index is 13.9. The molecule has 6 nitrogen and oxygen atoms in total. The number of carbonyl (C=O) groups is 2. The molecule has 0 aliphatic heterocycles. The van der Waals surface area contributed by atoms with Gasteiger partial charge in [0.15, 0.2) is 11.5 Å². The quantitative estimate of drug-likeness (QED) is 0.225. The SMILES string of the molecule is CCOc1ccc(CCC(=O)N(Cc2cccc(Cl)c2)[C@@H](Cc2ccccc2)C(=O)N[C@H](C)CC)cc1OCC. The minimum absolute atomic E-state index is 0.00487. The lowest BCUT2D eigenvalue weighted by atomic mass is 10.0. The molecule has 0 spiro atoms. The molecule has 0 heterocycles. The predicted molar refractivity (Wildman–Crippen MR) is 161 cm³/mol. The summed E-state index contributed by atoms with van der Waals surface area (Å²) in [5.41, 5.74) is 2.82. The molecule has 0 aliphatic carbocycles. The van der Waals surface area contributed by atoms with E-state index in [4.69, 9.17) is 21.1 Å². The summed E-state index contributed by atoms with van der Waals surface area (Å²) in [6, 6.07) is 22.3. The highest BCUT2D eigenvalue weighted by Crippen LogP contribution is 2.29. The summed E-state index contributed by atoms with van der Waals surface area (Å²) in [6.45, 7) is 9.19. The zero-order chi connectivity index (χ0) is 28.9. The fourth-order valence-electron chi connectivity index (χ4n) is 4.47. The first-order valence-corrected chi connectivity index (χ1v) is 14.5. The van der Waals surface area contributed by atoms with Gasteiger partial charge in [-0.2, -0.15) is 0 Å². The molecule has 3 rings (SSSR count). The fourth-order valence-corrected chi connectivity index (χ4v) is 4.69. The zero-order valence-electron chi connectivity index (χ0n) is 24.0. The number of nitrogens with zero attached hydrogens (tertiary/aromatic N) is 1. The maximum Gasteiger partial charge on any atom is 0.243 e. The molecule has 40 heavy (non-hydrogen) atoms. The summed E-state index contributed by atoms with van der Waals surface area (Å²) >= 11 is 6.28. The standard InChI is InChI=1S/C33H41ClN2O4/c1-5-24(4)35-33(38)29(21-25-12-9-8-10-13-25)36(23-27-14-11-15-28(34)20-27)32(37)19-17-26-16-18-30(39-6-2)31(22-26)40-7-3/h8-16,18,20,22,24,29H,5-7,17,19,21,23H2,1-4H3,(H,35,38)/t24-,29+/m1/s1. The van der Waals surface area contributed by atoms with Gasteiger partial charge in [0, 0.05) is 30.5 Å². The van der Waals surface area contributed by atoms with E-state index in [1.807, 2.05) is 94.4 Å². The first-order chi connectivity index (χ1) is 19.3. The highest BCUT2D eigenvalue weighted by atomic mass is 35.5. The third-order valence-corrected chi connectivity index (χ3v) is 6.98. The van der Waals surface area contributed by atoms with Gasteiger partial charge in [-0.15, -0.1) is 0 Å². The van der Waals surface area contributed by atoms with Crippen LogP contribution in [0.3, 0.4) is 0 Å². The average Bonchev–Trinajstić information content (AvgIpc) is 2.95. The molecule has 0 bridgehead atoms. The number of benzene rings is 3. The van der Waals surface area contributed by atoms with Gasteiger partial charge >= 0.3 is 0 Å². The molecule has 1 N–H and O–H groups in total. The van der Waals surface area contributed by atoms with E-state index in [9.17, 15) is 9.59 Å². The highest BCUT2D eigenvalue weighted by Gasteiger charge is 2.31. The minimum atomic E-state index is -0.679. The van der Waals surface area contributed by atoms with Crippen LogP contribution in [0.2, 0.25) is 5.02 Å². The number of halogens is 1. The van der Waals surface area contributed by atoms with Crippen LogP contribution >= 0.6 is 11.6 Å². The van der Waals surface area contributed by atoms with Crippen molar-refractivity contribution in [3.63, 3.8) is 0 Å². The number of aryl methyl sites for hydroxylation is 1. The van der Waals surface area contributed by atoms with Gasteiger partial charge in [0.1, 0.15) is 6.04 Å². The van der Waals surface area contributed by atoms with Crippen molar-refractivity contribution in [1.82, 2.24) is 10.2 Å². The monoisotopic (exact) mass is 564 g/mol. The largest absolute Gasteiger partial charge is 0.490 e. The molecule has 214 valence electrons. The van der Waals surface area contributed by atoms with E-state index in [-0.39, 0.29) is 30.8 Å². The molecule has 0 radical (unpaired) electrons. The third kappa shape index (κ3) is 9.30. The zero-order valence-corrected chi connectivity index (χ0v) is 24.7. The van der Waals surface area contributed by atoms with Gasteiger partial charge in [-0.1, -0.05) is 67.1 Å². The van der Waals surface area contributed by atoms with E-state index in [0.717, 1.165) is 23.1 Å². The Labute approximate surface area is 243 Å². The summed E-state index contributed by atoms with van der Waals surface area (Å²) < 4.78 is 11.5. The molecule has 0 aromatic heterocycles. The van der Waals surface area contributed by atoms with Crippen LogP contribution in [-0.4, -0.2) is 42.0 Å². The van der Waals surface area contributed by atoms with Crippen LogP contribution in [0, 0.1) is 0 Å². The van der Waals surface area contributed by atoms with Crippen LogP contribution < -0.4 is 14.8 Å². The number of rotatable bonds is 15. The Morgan fingerprint density at radius 2 is 1.55 bits per heavy atom. The van der Waals surface area contributed by atoms with Crippen LogP contribution in [-0.2, 0) is 29.0 Å². The smallest absolute Gasteiger partial charge is 0.243 e. The normalized spacial score (nSPS) is 12.3. The van der Waals surface area contributed by atoms with Crippen molar-refractivity contribution in [2.45, 2.75) is 72.0 Å². The van der Waals surface area contributed by atoms with E-state index in [0.29, 0.717) is 42.6 Å². The van der Waals surface area contributed by atoms with Gasteiger partial charge in [0.25, 0.3) is 0 Å².